The highest BCUT2D eigenvalue weighted by Crippen LogP contribution is 2.23. The van der Waals surface area contributed by atoms with Gasteiger partial charge in [-0.1, -0.05) is 12.1 Å². The summed E-state index contributed by atoms with van der Waals surface area (Å²) in [5, 5.41) is 2.68. The minimum atomic E-state index is -3.66. The number of anilines is 1. The highest BCUT2D eigenvalue weighted by molar-refractivity contribution is 7.90. The van der Waals surface area contributed by atoms with Crippen LogP contribution >= 0.6 is 0 Å². The molecule has 2 amide bonds. The van der Waals surface area contributed by atoms with Crippen LogP contribution in [0.25, 0.3) is 0 Å². The van der Waals surface area contributed by atoms with Gasteiger partial charge >= 0.3 is 0 Å². The molecule has 1 aliphatic heterocycles. The fourth-order valence-electron chi connectivity index (χ4n) is 2.52. The predicted octanol–water partition coefficient (Wildman–Crippen LogP) is 0.616. The van der Waals surface area contributed by atoms with Crippen molar-refractivity contribution in [2.24, 2.45) is 10.7 Å². The van der Waals surface area contributed by atoms with Gasteiger partial charge in [-0.05, 0) is 43.3 Å². The SMILES string of the molecule is C[C@H](N=C1NS(=O)(=O)c2ccccc21)C(=O)Nc1ccc(OCC(N)=O)cc1. The molecule has 0 fully saturated rings. The lowest BCUT2D eigenvalue weighted by atomic mass is 10.2. The summed E-state index contributed by atoms with van der Waals surface area (Å²) in [6.07, 6.45) is 0. The van der Waals surface area contributed by atoms with Crippen LogP contribution in [0.4, 0.5) is 5.69 Å². The van der Waals surface area contributed by atoms with E-state index in [4.69, 9.17) is 10.5 Å². The van der Waals surface area contributed by atoms with E-state index in [0.717, 1.165) is 0 Å². The zero-order valence-corrected chi connectivity index (χ0v) is 15.7. The van der Waals surface area contributed by atoms with Gasteiger partial charge in [-0.15, -0.1) is 0 Å². The lowest BCUT2D eigenvalue weighted by molar-refractivity contribution is -0.120. The van der Waals surface area contributed by atoms with Crippen molar-refractivity contribution in [3.05, 3.63) is 54.1 Å². The normalized spacial score (nSPS) is 16.7. The summed E-state index contributed by atoms with van der Waals surface area (Å²) in [5.74, 6) is -0.438. The van der Waals surface area contributed by atoms with Gasteiger partial charge in [0.25, 0.3) is 15.9 Å². The van der Waals surface area contributed by atoms with E-state index in [1.807, 2.05) is 0 Å². The van der Waals surface area contributed by atoms with Crippen molar-refractivity contribution in [3.8, 4) is 5.75 Å². The molecule has 2 aromatic rings. The van der Waals surface area contributed by atoms with Crippen molar-refractivity contribution in [2.45, 2.75) is 17.9 Å². The highest BCUT2D eigenvalue weighted by Gasteiger charge is 2.31. The van der Waals surface area contributed by atoms with Crippen molar-refractivity contribution in [2.75, 3.05) is 11.9 Å². The number of nitrogens with zero attached hydrogens (tertiary/aromatic N) is 1. The summed E-state index contributed by atoms with van der Waals surface area (Å²) in [6, 6.07) is 11.9. The number of amides is 2. The van der Waals surface area contributed by atoms with Gasteiger partial charge in [0, 0.05) is 11.3 Å². The number of benzene rings is 2. The van der Waals surface area contributed by atoms with E-state index in [1.165, 1.54) is 6.07 Å². The maximum absolute atomic E-state index is 12.4. The third-order valence-corrected chi connectivity index (χ3v) is 5.26. The molecular weight excluding hydrogens is 384 g/mol. The first-order valence-corrected chi connectivity index (χ1v) is 9.76. The predicted molar refractivity (Wildman–Crippen MR) is 103 cm³/mol. The third-order valence-electron chi connectivity index (χ3n) is 3.87. The summed E-state index contributed by atoms with van der Waals surface area (Å²) in [4.78, 5) is 27.4. The Labute approximate surface area is 161 Å². The van der Waals surface area contributed by atoms with Gasteiger partial charge in [0.1, 0.15) is 17.6 Å². The quantitative estimate of drug-likeness (QED) is 0.650. The molecule has 0 radical (unpaired) electrons. The van der Waals surface area contributed by atoms with Crippen LogP contribution in [0, 0.1) is 0 Å². The van der Waals surface area contributed by atoms with Gasteiger partial charge in [0.2, 0.25) is 5.91 Å². The zero-order valence-electron chi connectivity index (χ0n) is 14.9. The molecule has 0 spiro atoms. The molecular formula is C18H18N4O5S. The molecule has 0 saturated heterocycles. The number of carbonyl (C=O) groups is 2. The molecule has 1 atom stereocenters. The lowest BCUT2D eigenvalue weighted by Gasteiger charge is -2.10. The number of nitrogens with one attached hydrogen (secondary N) is 2. The van der Waals surface area contributed by atoms with Gasteiger partial charge in [-0.3, -0.25) is 19.3 Å². The third kappa shape index (κ3) is 4.29. The maximum Gasteiger partial charge on any atom is 0.263 e. The number of nitrogens with two attached hydrogens (primary N) is 1. The Morgan fingerprint density at radius 3 is 2.54 bits per heavy atom. The van der Waals surface area contributed by atoms with E-state index in [1.54, 1.807) is 49.4 Å². The fourth-order valence-corrected chi connectivity index (χ4v) is 3.76. The lowest BCUT2D eigenvalue weighted by Crippen LogP contribution is -2.28. The monoisotopic (exact) mass is 402 g/mol. The minimum Gasteiger partial charge on any atom is -0.484 e. The van der Waals surface area contributed by atoms with Gasteiger partial charge in [-0.25, -0.2) is 8.42 Å². The number of fused-ring (bicyclic) bond motifs is 1. The van der Waals surface area contributed by atoms with Crippen molar-refractivity contribution in [1.82, 2.24) is 4.72 Å². The summed E-state index contributed by atoms with van der Waals surface area (Å²) >= 11 is 0. The van der Waals surface area contributed by atoms with E-state index in [0.29, 0.717) is 17.0 Å². The fraction of sp³-hybridized carbons (Fsp3) is 0.167. The van der Waals surface area contributed by atoms with Crippen LogP contribution in [-0.2, 0) is 19.6 Å². The first-order valence-electron chi connectivity index (χ1n) is 8.28. The number of aliphatic imine (C=N–C) groups is 1. The van der Waals surface area contributed by atoms with Crippen molar-refractivity contribution in [1.29, 1.82) is 0 Å². The zero-order chi connectivity index (χ0) is 20.3. The molecule has 28 heavy (non-hydrogen) atoms. The number of carbonyl (C=O) groups excluding carboxylic acids is 2. The number of hydrogen-bond donors (Lipinski definition) is 3. The number of rotatable bonds is 6. The largest absolute Gasteiger partial charge is 0.484 e. The van der Waals surface area contributed by atoms with E-state index in [-0.39, 0.29) is 17.3 Å². The van der Waals surface area contributed by atoms with Gasteiger partial charge in [-0.2, -0.15) is 0 Å². The Morgan fingerprint density at radius 2 is 1.86 bits per heavy atom. The summed E-state index contributed by atoms with van der Waals surface area (Å²) in [5.41, 5.74) is 5.93. The maximum atomic E-state index is 12.4. The van der Waals surface area contributed by atoms with Crippen LogP contribution in [0.1, 0.15) is 12.5 Å². The van der Waals surface area contributed by atoms with Crippen molar-refractivity contribution < 1.29 is 22.7 Å². The van der Waals surface area contributed by atoms with Crippen LogP contribution in [0.5, 0.6) is 5.75 Å². The highest BCUT2D eigenvalue weighted by atomic mass is 32.2. The summed E-state index contributed by atoms with van der Waals surface area (Å²) < 4.78 is 31.7. The Balaban J connectivity index is 1.69. The summed E-state index contributed by atoms with van der Waals surface area (Å²) in [6.45, 7) is 1.32. The first-order chi connectivity index (χ1) is 13.3. The number of amidine groups is 1. The van der Waals surface area contributed by atoms with Gasteiger partial charge in [0.05, 0.1) is 4.90 Å². The average molecular weight is 402 g/mol. The molecule has 4 N–H and O–H groups in total. The minimum absolute atomic E-state index is 0.132. The average Bonchev–Trinajstić information content (AvgIpc) is 2.91. The van der Waals surface area contributed by atoms with E-state index in [2.05, 4.69) is 15.0 Å². The van der Waals surface area contributed by atoms with Crippen molar-refractivity contribution in [3.63, 3.8) is 0 Å². The second-order valence-corrected chi connectivity index (χ2v) is 7.67. The second kappa shape index (κ2) is 7.69. The first kappa shape index (κ1) is 19.4. The molecule has 0 bridgehead atoms. The molecule has 2 aromatic carbocycles. The van der Waals surface area contributed by atoms with Gasteiger partial charge < -0.3 is 15.8 Å². The Hall–Kier alpha value is -3.40. The number of hydrogen-bond acceptors (Lipinski definition) is 6. The van der Waals surface area contributed by atoms with E-state index >= 15 is 0 Å². The molecule has 1 aliphatic rings. The Bertz CT molecular complexity index is 1050. The van der Waals surface area contributed by atoms with Crippen LogP contribution in [0.2, 0.25) is 0 Å². The molecule has 0 aliphatic carbocycles. The van der Waals surface area contributed by atoms with Gasteiger partial charge in [0.15, 0.2) is 6.61 Å². The molecule has 1 heterocycles. The molecule has 146 valence electrons. The van der Waals surface area contributed by atoms with E-state index < -0.39 is 27.9 Å². The van der Waals surface area contributed by atoms with Crippen molar-refractivity contribution >= 4 is 33.4 Å². The van der Waals surface area contributed by atoms with Crippen LogP contribution in [-0.4, -0.2) is 38.7 Å². The van der Waals surface area contributed by atoms with Crippen LogP contribution in [0.3, 0.4) is 0 Å². The van der Waals surface area contributed by atoms with E-state index in [9.17, 15) is 18.0 Å². The molecule has 3 rings (SSSR count). The van der Waals surface area contributed by atoms with Crippen LogP contribution in [0.15, 0.2) is 58.4 Å². The standard InChI is InChI=1S/C18H18N4O5S/c1-11(20-17-14-4-2-3-5-15(14)28(25,26)22-17)18(24)21-12-6-8-13(9-7-12)27-10-16(19)23/h2-9,11H,10H2,1H3,(H2,19,23)(H,20,22)(H,21,24)/t11-/m0/s1. The molecule has 0 unspecified atom stereocenters. The molecule has 9 nitrogen and oxygen atoms in total. The number of ether oxygens (including phenoxy) is 1. The second-order valence-electron chi connectivity index (χ2n) is 6.02. The molecule has 10 heteroatoms. The number of sulfonamides is 1. The topological polar surface area (TPSA) is 140 Å². The molecule has 0 aromatic heterocycles. The molecule has 0 saturated carbocycles. The Morgan fingerprint density at radius 1 is 1.18 bits per heavy atom. The Kier molecular flexibility index (Phi) is 5.32. The van der Waals surface area contributed by atoms with Crippen LogP contribution < -0.4 is 20.5 Å². The smallest absolute Gasteiger partial charge is 0.263 e. The summed E-state index contributed by atoms with van der Waals surface area (Å²) in [7, 11) is -3.66. The number of primary amides is 1.